The number of nitrogens with zero attached hydrogens (tertiary/aromatic N) is 2. The number of rotatable bonds is 2. The molecular formula is C11H9BrN2O. The summed E-state index contributed by atoms with van der Waals surface area (Å²) in [7, 11) is 0. The average molecular weight is 265 g/mol. The van der Waals surface area contributed by atoms with E-state index in [0.717, 1.165) is 5.56 Å². The second-order valence-electron chi connectivity index (χ2n) is 3.08. The molecule has 15 heavy (non-hydrogen) atoms. The van der Waals surface area contributed by atoms with Gasteiger partial charge >= 0.3 is 0 Å². The third-order valence-electron chi connectivity index (χ3n) is 2.02. The first kappa shape index (κ1) is 10.3. The molecule has 1 N–H and O–H groups in total. The molecule has 1 aromatic carbocycles. The standard InChI is InChI=1S/C11H9BrN2O/c12-10-7-13-6-9(14-10)11(15)8-4-2-1-3-5-8/h1-7,11,15H. The Labute approximate surface area is 96.0 Å². The van der Waals surface area contributed by atoms with Crippen molar-refractivity contribution >= 4 is 15.9 Å². The van der Waals surface area contributed by atoms with Crippen LogP contribution in [0.25, 0.3) is 0 Å². The van der Waals surface area contributed by atoms with Gasteiger partial charge in [-0.2, -0.15) is 0 Å². The van der Waals surface area contributed by atoms with Crippen molar-refractivity contribution in [3.05, 3.63) is 58.6 Å². The number of hydrogen-bond acceptors (Lipinski definition) is 3. The summed E-state index contributed by atoms with van der Waals surface area (Å²) < 4.78 is 0.620. The van der Waals surface area contributed by atoms with E-state index < -0.39 is 6.10 Å². The fourth-order valence-corrected chi connectivity index (χ4v) is 1.62. The molecule has 1 unspecified atom stereocenters. The van der Waals surface area contributed by atoms with E-state index in [4.69, 9.17) is 0 Å². The van der Waals surface area contributed by atoms with E-state index in [0.29, 0.717) is 10.3 Å². The highest BCUT2D eigenvalue weighted by Gasteiger charge is 2.11. The van der Waals surface area contributed by atoms with Gasteiger partial charge in [-0.3, -0.25) is 4.98 Å². The molecule has 0 saturated carbocycles. The van der Waals surface area contributed by atoms with Crippen molar-refractivity contribution < 1.29 is 5.11 Å². The van der Waals surface area contributed by atoms with E-state index in [2.05, 4.69) is 25.9 Å². The van der Waals surface area contributed by atoms with Crippen molar-refractivity contribution in [3.63, 3.8) is 0 Å². The van der Waals surface area contributed by atoms with Gasteiger partial charge in [0.15, 0.2) is 0 Å². The summed E-state index contributed by atoms with van der Waals surface area (Å²) in [6, 6.07) is 9.37. The molecular weight excluding hydrogens is 256 g/mol. The van der Waals surface area contributed by atoms with Gasteiger partial charge in [0.2, 0.25) is 0 Å². The molecule has 1 atom stereocenters. The molecule has 76 valence electrons. The Balaban J connectivity index is 2.32. The molecule has 0 amide bonds. The lowest BCUT2D eigenvalue weighted by Gasteiger charge is -2.09. The maximum absolute atomic E-state index is 9.99. The lowest BCUT2D eigenvalue weighted by Crippen LogP contribution is -2.02. The van der Waals surface area contributed by atoms with E-state index in [1.807, 2.05) is 30.3 Å². The molecule has 0 spiro atoms. The summed E-state index contributed by atoms with van der Waals surface area (Å²) >= 11 is 3.22. The molecule has 0 aliphatic rings. The van der Waals surface area contributed by atoms with Crippen LogP contribution in [0, 0.1) is 0 Å². The smallest absolute Gasteiger partial charge is 0.124 e. The largest absolute Gasteiger partial charge is 0.382 e. The van der Waals surface area contributed by atoms with Gasteiger partial charge in [0, 0.05) is 0 Å². The first-order valence-electron chi connectivity index (χ1n) is 4.48. The van der Waals surface area contributed by atoms with E-state index in [1.165, 1.54) is 0 Å². The Morgan fingerprint density at radius 1 is 1.13 bits per heavy atom. The van der Waals surface area contributed by atoms with Gasteiger partial charge in [-0.25, -0.2) is 4.98 Å². The zero-order valence-corrected chi connectivity index (χ0v) is 9.42. The molecule has 0 aliphatic carbocycles. The summed E-state index contributed by atoms with van der Waals surface area (Å²) in [5.41, 5.74) is 1.35. The van der Waals surface area contributed by atoms with Crippen molar-refractivity contribution in [2.45, 2.75) is 6.10 Å². The Morgan fingerprint density at radius 2 is 1.87 bits per heavy atom. The van der Waals surface area contributed by atoms with Crippen LogP contribution in [-0.2, 0) is 0 Å². The maximum Gasteiger partial charge on any atom is 0.124 e. The summed E-state index contributed by atoms with van der Waals surface area (Å²) in [6.45, 7) is 0. The first-order valence-corrected chi connectivity index (χ1v) is 5.27. The second-order valence-corrected chi connectivity index (χ2v) is 3.89. The Kier molecular flexibility index (Phi) is 3.08. The van der Waals surface area contributed by atoms with Crippen molar-refractivity contribution in [2.24, 2.45) is 0 Å². The molecule has 0 bridgehead atoms. The molecule has 4 heteroatoms. The number of aliphatic hydroxyl groups is 1. The molecule has 0 radical (unpaired) electrons. The van der Waals surface area contributed by atoms with Crippen molar-refractivity contribution in [3.8, 4) is 0 Å². The monoisotopic (exact) mass is 264 g/mol. The number of hydrogen-bond donors (Lipinski definition) is 1. The van der Waals surface area contributed by atoms with Gasteiger partial charge < -0.3 is 5.11 Å². The van der Waals surface area contributed by atoms with Crippen LogP contribution in [0.15, 0.2) is 47.3 Å². The minimum absolute atomic E-state index is 0.538. The number of halogens is 1. The Hall–Kier alpha value is -1.26. The van der Waals surface area contributed by atoms with Crippen LogP contribution in [0.2, 0.25) is 0 Å². The van der Waals surface area contributed by atoms with Gasteiger partial charge in [-0.15, -0.1) is 0 Å². The molecule has 2 rings (SSSR count). The third kappa shape index (κ3) is 2.40. The highest BCUT2D eigenvalue weighted by atomic mass is 79.9. The minimum Gasteiger partial charge on any atom is -0.382 e. The van der Waals surface area contributed by atoms with Crippen molar-refractivity contribution in [2.75, 3.05) is 0 Å². The van der Waals surface area contributed by atoms with E-state index in [-0.39, 0.29) is 0 Å². The Morgan fingerprint density at radius 3 is 2.53 bits per heavy atom. The minimum atomic E-state index is -0.726. The predicted molar refractivity (Wildman–Crippen MR) is 60.2 cm³/mol. The molecule has 3 nitrogen and oxygen atoms in total. The zero-order chi connectivity index (χ0) is 10.7. The van der Waals surface area contributed by atoms with Crippen molar-refractivity contribution in [1.82, 2.24) is 9.97 Å². The highest BCUT2D eigenvalue weighted by Crippen LogP contribution is 2.20. The van der Waals surface area contributed by atoms with E-state index in [1.54, 1.807) is 12.4 Å². The maximum atomic E-state index is 9.99. The lowest BCUT2D eigenvalue weighted by molar-refractivity contribution is 0.214. The third-order valence-corrected chi connectivity index (χ3v) is 2.40. The van der Waals surface area contributed by atoms with Crippen molar-refractivity contribution in [1.29, 1.82) is 0 Å². The average Bonchev–Trinajstić information content (AvgIpc) is 2.29. The summed E-state index contributed by atoms with van der Waals surface area (Å²) in [5.74, 6) is 0. The number of aliphatic hydroxyl groups excluding tert-OH is 1. The molecule has 1 heterocycles. The number of benzene rings is 1. The normalized spacial score (nSPS) is 12.4. The molecule has 2 aromatic rings. The second kappa shape index (κ2) is 4.51. The van der Waals surface area contributed by atoms with Crippen LogP contribution in [-0.4, -0.2) is 15.1 Å². The Bertz CT molecular complexity index is 447. The first-order chi connectivity index (χ1) is 7.27. The molecule has 1 aromatic heterocycles. The summed E-state index contributed by atoms with van der Waals surface area (Å²) in [4.78, 5) is 8.12. The van der Waals surface area contributed by atoms with Crippen LogP contribution in [0.3, 0.4) is 0 Å². The van der Waals surface area contributed by atoms with Crippen LogP contribution < -0.4 is 0 Å². The van der Waals surface area contributed by atoms with E-state index in [9.17, 15) is 5.11 Å². The summed E-state index contributed by atoms with van der Waals surface area (Å²) in [5, 5.41) is 9.99. The number of aromatic nitrogens is 2. The fraction of sp³-hybridized carbons (Fsp3) is 0.0909. The quantitative estimate of drug-likeness (QED) is 0.906. The van der Waals surface area contributed by atoms with Gasteiger partial charge in [0.25, 0.3) is 0 Å². The summed E-state index contributed by atoms with van der Waals surface area (Å²) in [6.07, 6.45) is 2.42. The van der Waals surface area contributed by atoms with Gasteiger partial charge in [0.05, 0.1) is 18.1 Å². The van der Waals surface area contributed by atoms with Gasteiger partial charge in [-0.05, 0) is 21.5 Å². The van der Waals surface area contributed by atoms with Crippen LogP contribution in [0.5, 0.6) is 0 Å². The van der Waals surface area contributed by atoms with Crippen LogP contribution in [0.1, 0.15) is 17.4 Å². The molecule has 0 fully saturated rings. The van der Waals surface area contributed by atoms with Crippen LogP contribution in [0.4, 0.5) is 0 Å². The molecule has 0 saturated heterocycles. The molecule has 0 aliphatic heterocycles. The van der Waals surface area contributed by atoms with Gasteiger partial charge in [-0.1, -0.05) is 30.3 Å². The predicted octanol–water partition coefficient (Wildman–Crippen LogP) is 2.32. The lowest BCUT2D eigenvalue weighted by atomic mass is 10.1. The van der Waals surface area contributed by atoms with Crippen LogP contribution >= 0.6 is 15.9 Å². The topological polar surface area (TPSA) is 46.0 Å². The SMILES string of the molecule is OC(c1ccccc1)c1cncc(Br)n1. The fourth-order valence-electron chi connectivity index (χ4n) is 1.29. The zero-order valence-electron chi connectivity index (χ0n) is 7.84. The van der Waals surface area contributed by atoms with E-state index >= 15 is 0 Å². The van der Waals surface area contributed by atoms with Gasteiger partial charge in [0.1, 0.15) is 10.7 Å². The highest BCUT2D eigenvalue weighted by molar-refractivity contribution is 9.10.